The largest absolute Gasteiger partial charge is 0.451 e. The van der Waals surface area contributed by atoms with Gasteiger partial charge >= 0.3 is 0 Å². The number of amides is 1. The summed E-state index contributed by atoms with van der Waals surface area (Å²) in [5.74, 6) is 0.933. The Morgan fingerprint density at radius 2 is 1.64 bits per heavy atom. The Balaban J connectivity index is 1.19. The fourth-order valence-corrected chi connectivity index (χ4v) is 6.42. The molecule has 230 valence electrons. The fraction of sp³-hybridized carbons (Fsp3) is 0.412. The number of likely N-dealkylation sites (N-methyl/N-ethyl adjacent to an activating group) is 1. The Hall–Kier alpha value is -3.96. The van der Waals surface area contributed by atoms with E-state index in [9.17, 15) is 9.59 Å². The number of anilines is 1. The third kappa shape index (κ3) is 5.78. The number of benzene rings is 3. The number of carbonyl (C=O) groups is 1. The number of hydrogen-bond donors (Lipinski definition) is 2. The minimum absolute atomic E-state index is 0.124. The summed E-state index contributed by atoms with van der Waals surface area (Å²) in [6.07, 6.45) is 2.68. The van der Waals surface area contributed by atoms with E-state index in [1.54, 1.807) is 6.20 Å². The first-order chi connectivity index (χ1) is 21.5. The predicted octanol–water partition coefficient (Wildman–Crippen LogP) is 3.36. The number of fused-ring (bicyclic) bond motifs is 3. The third-order valence-electron chi connectivity index (χ3n) is 9.04. The summed E-state index contributed by atoms with van der Waals surface area (Å²) in [4.78, 5) is 34.3. The zero-order valence-electron chi connectivity index (χ0n) is 25.3. The van der Waals surface area contributed by atoms with Gasteiger partial charge in [0.2, 0.25) is 5.43 Å². The Morgan fingerprint density at radius 1 is 0.886 bits per heavy atom. The maximum atomic E-state index is 13.8. The van der Waals surface area contributed by atoms with E-state index in [1.807, 2.05) is 34.9 Å². The quantitative estimate of drug-likeness (QED) is 0.251. The molecule has 3 aliphatic rings. The first-order valence-corrected chi connectivity index (χ1v) is 15.7. The molecule has 0 spiro atoms. The molecule has 3 aromatic carbocycles. The van der Waals surface area contributed by atoms with Gasteiger partial charge in [0, 0.05) is 65.1 Å². The van der Waals surface area contributed by atoms with E-state index < -0.39 is 0 Å². The molecule has 10 heteroatoms. The topological polar surface area (TPSA) is 91.3 Å². The highest BCUT2D eigenvalue weighted by atomic mass is 16.5. The molecule has 7 rings (SSSR count). The van der Waals surface area contributed by atoms with Crippen LogP contribution in [0, 0.1) is 0 Å². The highest BCUT2D eigenvalue weighted by molar-refractivity contribution is 6.01. The van der Waals surface area contributed by atoms with Crippen LogP contribution < -0.4 is 20.8 Å². The van der Waals surface area contributed by atoms with Crippen molar-refractivity contribution < 1.29 is 14.3 Å². The molecule has 2 saturated heterocycles. The smallest absolute Gasteiger partial charge is 0.256 e. The van der Waals surface area contributed by atoms with E-state index in [1.165, 1.54) is 0 Å². The zero-order valence-corrected chi connectivity index (χ0v) is 25.3. The predicted molar refractivity (Wildman–Crippen MR) is 174 cm³/mol. The Morgan fingerprint density at radius 3 is 2.43 bits per heavy atom. The second-order valence-corrected chi connectivity index (χ2v) is 12.0. The molecule has 4 aromatic rings. The summed E-state index contributed by atoms with van der Waals surface area (Å²) in [6.45, 7) is 10.5. The summed E-state index contributed by atoms with van der Waals surface area (Å²) in [5.41, 5.74) is 2.14. The van der Waals surface area contributed by atoms with Crippen LogP contribution in [0.1, 0.15) is 16.8 Å². The zero-order chi connectivity index (χ0) is 30.0. The van der Waals surface area contributed by atoms with Crippen LogP contribution in [0.25, 0.3) is 27.4 Å². The Labute approximate surface area is 257 Å². The van der Waals surface area contributed by atoms with Crippen LogP contribution in [0.2, 0.25) is 0 Å². The van der Waals surface area contributed by atoms with Gasteiger partial charge in [-0.25, -0.2) is 0 Å². The molecule has 1 aromatic heterocycles. The summed E-state index contributed by atoms with van der Waals surface area (Å²) in [5, 5.41) is 9.14. The lowest BCUT2D eigenvalue weighted by Crippen LogP contribution is -2.44. The number of morpholine rings is 1. The molecule has 3 aliphatic heterocycles. The average Bonchev–Trinajstić information content (AvgIpc) is 3.05. The molecule has 0 aliphatic carbocycles. The molecule has 1 amide bonds. The molecule has 0 bridgehead atoms. The fourth-order valence-electron chi connectivity index (χ4n) is 6.42. The Kier molecular flexibility index (Phi) is 8.22. The summed E-state index contributed by atoms with van der Waals surface area (Å²) >= 11 is 0. The number of nitrogens with one attached hydrogen (secondary N) is 2. The number of piperazine rings is 1. The minimum Gasteiger partial charge on any atom is -0.451 e. The Bertz CT molecular complexity index is 1740. The SMILES string of the molecule is CN1CCN(CCCNc2ccc3c(=O)c(C(=O)NCCN4CCOCC4)cn4c3c2Oc2cc3ccccc3cc2-4)CC1. The van der Waals surface area contributed by atoms with Gasteiger partial charge in [-0.15, -0.1) is 0 Å². The molecular formula is C34H40N6O4. The summed E-state index contributed by atoms with van der Waals surface area (Å²) < 4.78 is 14.0. The van der Waals surface area contributed by atoms with Crippen molar-refractivity contribution in [3.63, 3.8) is 0 Å². The third-order valence-corrected chi connectivity index (χ3v) is 9.04. The minimum atomic E-state index is -0.365. The van der Waals surface area contributed by atoms with Crippen LogP contribution >= 0.6 is 0 Å². The molecule has 2 N–H and O–H groups in total. The van der Waals surface area contributed by atoms with Crippen LogP contribution in [0.4, 0.5) is 5.69 Å². The molecule has 10 nitrogen and oxygen atoms in total. The molecule has 0 atom stereocenters. The maximum Gasteiger partial charge on any atom is 0.256 e. The van der Waals surface area contributed by atoms with Crippen molar-refractivity contribution in [3.8, 4) is 17.2 Å². The van der Waals surface area contributed by atoms with Gasteiger partial charge in [-0.05, 0) is 55.1 Å². The van der Waals surface area contributed by atoms with Crippen molar-refractivity contribution in [2.45, 2.75) is 6.42 Å². The van der Waals surface area contributed by atoms with Gasteiger partial charge in [-0.2, -0.15) is 0 Å². The number of ether oxygens (including phenoxy) is 2. The van der Waals surface area contributed by atoms with Crippen molar-refractivity contribution in [1.82, 2.24) is 24.6 Å². The van der Waals surface area contributed by atoms with Gasteiger partial charge in [-0.1, -0.05) is 24.3 Å². The van der Waals surface area contributed by atoms with Crippen molar-refractivity contribution >= 4 is 33.3 Å². The second kappa shape index (κ2) is 12.6. The van der Waals surface area contributed by atoms with E-state index in [0.717, 1.165) is 80.9 Å². The normalized spacial score (nSPS) is 17.4. The molecular weight excluding hydrogens is 556 g/mol. The van der Waals surface area contributed by atoms with Gasteiger partial charge in [-0.3, -0.25) is 14.5 Å². The molecule has 0 radical (unpaired) electrons. The number of nitrogens with zero attached hydrogens (tertiary/aromatic N) is 4. The highest BCUT2D eigenvalue weighted by Gasteiger charge is 2.27. The van der Waals surface area contributed by atoms with Crippen LogP contribution in [0.3, 0.4) is 0 Å². The average molecular weight is 597 g/mol. The van der Waals surface area contributed by atoms with Gasteiger partial charge in [0.25, 0.3) is 5.91 Å². The van der Waals surface area contributed by atoms with Gasteiger partial charge in [0.05, 0.1) is 30.0 Å². The van der Waals surface area contributed by atoms with E-state index >= 15 is 0 Å². The van der Waals surface area contributed by atoms with Crippen molar-refractivity contribution in [3.05, 3.63) is 70.5 Å². The highest BCUT2D eigenvalue weighted by Crippen LogP contribution is 2.45. The first kappa shape index (κ1) is 28.8. The van der Waals surface area contributed by atoms with Gasteiger partial charge < -0.3 is 34.5 Å². The maximum absolute atomic E-state index is 13.8. The second-order valence-electron chi connectivity index (χ2n) is 12.0. The lowest BCUT2D eigenvalue weighted by molar-refractivity contribution is 0.0383. The molecule has 2 fully saturated rings. The molecule has 0 saturated carbocycles. The number of aromatic nitrogens is 1. The number of pyridine rings is 1. The van der Waals surface area contributed by atoms with E-state index in [4.69, 9.17) is 9.47 Å². The van der Waals surface area contributed by atoms with Crippen LogP contribution in [-0.2, 0) is 4.74 Å². The lowest BCUT2D eigenvalue weighted by atomic mass is 10.0. The monoisotopic (exact) mass is 596 g/mol. The van der Waals surface area contributed by atoms with E-state index in [0.29, 0.717) is 48.7 Å². The number of carbonyl (C=O) groups excluding carboxylic acids is 1. The molecule has 0 unspecified atom stereocenters. The van der Waals surface area contributed by atoms with Gasteiger partial charge in [0.15, 0.2) is 11.5 Å². The number of rotatable bonds is 9. The summed E-state index contributed by atoms with van der Waals surface area (Å²) in [7, 11) is 2.17. The van der Waals surface area contributed by atoms with Crippen molar-refractivity contribution in [2.75, 3.05) is 91.0 Å². The van der Waals surface area contributed by atoms with Crippen molar-refractivity contribution in [2.24, 2.45) is 0 Å². The first-order valence-electron chi connectivity index (χ1n) is 15.7. The van der Waals surface area contributed by atoms with E-state index in [2.05, 4.69) is 50.6 Å². The number of hydrogen-bond acceptors (Lipinski definition) is 8. The summed E-state index contributed by atoms with van der Waals surface area (Å²) in [6, 6.07) is 16.0. The van der Waals surface area contributed by atoms with E-state index in [-0.39, 0.29) is 16.9 Å². The van der Waals surface area contributed by atoms with Crippen molar-refractivity contribution in [1.29, 1.82) is 0 Å². The van der Waals surface area contributed by atoms with Gasteiger partial charge in [0.1, 0.15) is 11.1 Å². The molecule has 4 heterocycles. The standard InChI is InChI=1S/C34H40N6O4/c1-37-13-15-38(16-14-37)11-4-9-35-28-8-7-26-31-33(28)44-30-22-25-6-3-2-5-24(25)21-29(30)40(31)23-27(32(26)41)34(42)36-10-12-39-17-19-43-20-18-39/h2-3,5-8,21-23,35H,4,9-20H2,1H3,(H,36,42). The van der Waals surface area contributed by atoms with Crippen LogP contribution in [-0.4, -0.2) is 111 Å². The molecule has 44 heavy (non-hydrogen) atoms. The van der Waals surface area contributed by atoms with Crippen LogP contribution in [0.5, 0.6) is 11.5 Å². The van der Waals surface area contributed by atoms with Crippen LogP contribution in [0.15, 0.2) is 59.5 Å². The lowest BCUT2D eigenvalue weighted by Gasteiger charge is -2.32.